The van der Waals surface area contributed by atoms with Gasteiger partial charge in [-0.1, -0.05) is 6.07 Å². The van der Waals surface area contributed by atoms with E-state index in [1.807, 2.05) is 0 Å². The van der Waals surface area contributed by atoms with Crippen LogP contribution in [0.4, 0.5) is 17.1 Å². The molecule has 0 aliphatic carbocycles. The molecule has 9 heteroatoms. The molecular formula is C17H17N3O5S. The lowest BCUT2D eigenvalue weighted by atomic mass is 10.1. The predicted octanol–water partition coefficient (Wildman–Crippen LogP) is 2.70. The molecule has 1 amide bonds. The first-order chi connectivity index (χ1) is 12.3. The second-order valence-electron chi connectivity index (χ2n) is 6.00. The summed E-state index contributed by atoms with van der Waals surface area (Å²) in [6.45, 7) is 2.22. The molecular weight excluding hydrogens is 358 g/mol. The van der Waals surface area contributed by atoms with Gasteiger partial charge in [-0.3, -0.25) is 19.2 Å². The summed E-state index contributed by atoms with van der Waals surface area (Å²) in [4.78, 5) is 22.5. The third kappa shape index (κ3) is 3.52. The molecule has 1 N–H and O–H groups in total. The Morgan fingerprint density at radius 2 is 1.88 bits per heavy atom. The molecule has 0 aromatic heterocycles. The van der Waals surface area contributed by atoms with Crippen LogP contribution < -0.4 is 9.62 Å². The number of carbonyl (C=O) groups is 1. The molecule has 0 saturated carbocycles. The molecule has 0 atom stereocenters. The van der Waals surface area contributed by atoms with Crippen LogP contribution in [0.15, 0.2) is 42.5 Å². The first kappa shape index (κ1) is 17.9. The van der Waals surface area contributed by atoms with Crippen LogP contribution in [-0.4, -0.2) is 31.5 Å². The van der Waals surface area contributed by atoms with Gasteiger partial charge in [0.1, 0.15) is 0 Å². The number of aryl methyl sites for hydroxylation is 1. The van der Waals surface area contributed by atoms with E-state index in [4.69, 9.17) is 0 Å². The Bertz CT molecular complexity index is 970. The van der Waals surface area contributed by atoms with Crippen LogP contribution in [-0.2, 0) is 10.0 Å². The number of benzene rings is 2. The van der Waals surface area contributed by atoms with Gasteiger partial charge >= 0.3 is 0 Å². The van der Waals surface area contributed by atoms with Gasteiger partial charge in [0.15, 0.2) is 0 Å². The summed E-state index contributed by atoms with van der Waals surface area (Å²) in [5.41, 5.74) is 1.95. The molecule has 2 aromatic rings. The second kappa shape index (κ2) is 6.75. The molecule has 1 saturated heterocycles. The number of rotatable bonds is 4. The number of nitro benzene ring substituents is 1. The molecule has 3 rings (SSSR count). The number of nitrogens with one attached hydrogen (secondary N) is 1. The fourth-order valence-electron chi connectivity index (χ4n) is 2.76. The third-order valence-corrected chi connectivity index (χ3v) is 6.07. The number of anilines is 2. The molecule has 0 radical (unpaired) electrons. The summed E-state index contributed by atoms with van der Waals surface area (Å²) in [6.07, 6.45) is 0.570. The van der Waals surface area contributed by atoms with Crippen molar-refractivity contribution in [1.29, 1.82) is 0 Å². The monoisotopic (exact) mass is 375 g/mol. The molecule has 26 heavy (non-hydrogen) atoms. The fourth-order valence-corrected chi connectivity index (χ4v) is 4.31. The highest BCUT2D eigenvalue weighted by Gasteiger charge is 2.28. The summed E-state index contributed by atoms with van der Waals surface area (Å²) < 4.78 is 25.5. The Morgan fingerprint density at radius 3 is 2.46 bits per heavy atom. The van der Waals surface area contributed by atoms with Crippen molar-refractivity contribution in [2.45, 2.75) is 13.3 Å². The molecule has 2 aromatic carbocycles. The van der Waals surface area contributed by atoms with Gasteiger partial charge in [0.05, 0.1) is 16.4 Å². The van der Waals surface area contributed by atoms with Gasteiger partial charge < -0.3 is 5.32 Å². The highest BCUT2D eigenvalue weighted by atomic mass is 32.2. The zero-order valence-corrected chi connectivity index (χ0v) is 14.8. The van der Waals surface area contributed by atoms with E-state index in [2.05, 4.69) is 5.32 Å². The standard InChI is InChI=1S/C17H17N3O5S/c1-12-3-6-15(19-9-2-10-26(19,24)25)11-16(12)18-17(21)13-4-7-14(8-5-13)20(22)23/h3-8,11H,2,9-10H2,1H3,(H,18,21). The zero-order valence-electron chi connectivity index (χ0n) is 14.0. The van der Waals surface area contributed by atoms with E-state index in [-0.39, 0.29) is 17.0 Å². The van der Waals surface area contributed by atoms with Gasteiger partial charge in [0, 0.05) is 29.9 Å². The van der Waals surface area contributed by atoms with Crippen molar-refractivity contribution < 1.29 is 18.1 Å². The molecule has 1 aliphatic heterocycles. The number of hydrogen-bond donors (Lipinski definition) is 1. The summed E-state index contributed by atoms with van der Waals surface area (Å²) >= 11 is 0. The van der Waals surface area contributed by atoms with Crippen molar-refractivity contribution in [2.75, 3.05) is 21.9 Å². The molecule has 0 bridgehead atoms. The Kier molecular flexibility index (Phi) is 4.64. The van der Waals surface area contributed by atoms with Gasteiger partial charge in [0.25, 0.3) is 11.6 Å². The third-order valence-electron chi connectivity index (χ3n) is 4.20. The normalized spacial score (nSPS) is 15.7. The van der Waals surface area contributed by atoms with Crippen molar-refractivity contribution in [1.82, 2.24) is 0 Å². The number of nitro groups is 1. The minimum absolute atomic E-state index is 0.0982. The van der Waals surface area contributed by atoms with E-state index in [1.54, 1.807) is 25.1 Å². The second-order valence-corrected chi connectivity index (χ2v) is 8.01. The van der Waals surface area contributed by atoms with Gasteiger partial charge in [-0.25, -0.2) is 8.42 Å². The number of amides is 1. The van der Waals surface area contributed by atoms with Gasteiger partial charge in [-0.05, 0) is 43.2 Å². The quantitative estimate of drug-likeness (QED) is 0.653. The Balaban J connectivity index is 1.84. The van der Waals surface area contributed by atoms with E-state index in [1.165, 1.54) is 28.6 Å². The predicted molar refractivity (Wildman–Crippen MR) is 98.0 cm³/mol. The van der Waals surface area contributed by atoms with E-state index in [9.17, 15) is 23.3 Å². The Morgan fingerprint density at radius 1 is 1.19 bits per heavy atom. The van der Waals surface area contributed by atoms with Crippen LogP contribution in [0.5, 0.6) is 0 Å². The van der Waals surface area contributed by atoms with Crippen LogP contribution in [0, 0.1) is 17.0 Å². The molecule has 8 nitrogen and oxygen atoms in total. The van der Waals surface area contributed by atoms with E-state index in [0.29, 0.717) is 24.3 Å². The molecule has 1 fully saturated rings. The van der Waals surface area contributed by atoms with Crippen molar-refractivity contribution in [3.63, 3.8) is 0 Å². The number of non-ortho nitro benzene ring substituents is 1. The average molecular weight is 375 g/mol. The smallest absolute Gasteiger partial charge is 0.269 e. The van der Waals surface area contributed by atoms with Crippen LogP contribution in [0.2, 0.25) is 0 Å². The van der Waals surface area contributed by atoms with Crippen LogP contribution in [0.25, 0.3) is 0 Å². The molecule has 1 heterocycles. The molecule has 136 valence electrons. The highest BCUT2D eigenvalue weighted by molar-refractivity contribution is 7.93. The maximum absolute atomic E-state index is 12.4. The van der Waals surface area contributed by atoms with E-state index >= 15 is 0 Å². The van der Waals surface area contributed by atoms with E-state index in [0.717, 1.165) is 5.56 Å². The Hall–Kier alpha value is -2.94. The highest BCUT2D eigenvalue weighted by Crippen LogP contribution is 2.29. The van der Waals surface area contributed by atoms with Crippen molar-refractivity contribution >= 4 is 33.0 Å². The Labute approximate surface area is 150 Å². The number of carbonyl (C=O) groups excluding carboxylic acids is 1. The lowest BCUT2D eigenvalue weighted by molar-refractivity contribution is -0.384. The van der Waals surface area contributed by atoms with Crippen LogP contribution in [0.1, 0.15) is 22.3 Å². The summed E-state index contributed by atoms with van der Waals surface area (Å²) in [6, 6.07) is 10.3. The van der Waals surface area contributed by atoms with Crippen molar-refractivity contribution in [3.8, 4) is 0 Å². The fraction of sp³-hybridized carbons (Fsp3) is 0.235. The average Bonchev–Trinajstić information content (AvgIpc) is 2.96. The number of nitrogens with zero attached hydrogens (tertiary/aromatic N) is 2. The number of sulfonamides is 1. The van der Waals surface area contributed by atoms with Crippen LogP contribution in [0.3, 0.4) is 0 Å². The summed E-state index contributed by atoms with van der Waals surface area (Å²) in [5.74, 6) is -0.310. The minimum atomic E-state index is -3.31. The molecule has 1 aliphatic rings. The molecule has 0 unspecified atom stereocenters. The minimum Gasteiger partial charge on any atom is -0.322 e. The van der Waals surface area contributed by atoms with E-state index < -0.39 is 20.9 Å². The van der Waals surface area contributed by atoms with Gasteiger partial charge in [-0.15, -0.1) is 0 Å². The maximum Gasteiger partial charge on any atom is 0.269 e. The van der Waals surface area contributed by atoms with Gasteiger partial charge in [-0.2, -0.15) is 0 Å². The topological polar surface area (TPSA) is 110 Å². The zero-order chi connectivity index (χ0) is 18.9. The summed E-state index contributed by atoms with van der Waals surface area (Å²) in [5, 5.41) is 13.4. The first-order valence-corrected chi connectivity index (χ1v) is 9.56. The summed E-state index contributed by atoms with van der Waals surface area (Å²) in [7, 11) is -3.31. The van der Waals surface area contributed by atoms with Crippen LogP contribution >= 0.6 is 0 Å². The SMILES string of the molecule is Cc1ccc(N2CCCS2(=O)=O)cc1NC(=O)c1ccc([N+](=O)[O-])cc1. The first-order valence-electron chi connectivity index (χ1n) is 7.95. The largest absolute Gasteiger partial charge is 0.322 e. The lowest BCUT2D eigenvalue weighted by Crippen LogP contribution is -2.25. The van der Waals surface area contributed by atoms with Gasteiger partial charge in [0.2, 0.25) is 10.0 Å². The maximum atomic E-state index is 12.4. The van der Waals surface area contributed by atoms with Crippen molar-refractivity contribution in [3.05, 3.63) is 63.7 Å². The van der Waals surface area contributed by atoms with Crippen molar-refractivity contribution in [2.24, 2.45) is 0 Å². The molecule has 0 spiro atoms. The lowest BCUT2D eigenvalue weighted by Gasteiger charge is -2.19. The number of hydrogen-bond acceptors (Lipinski definition) is 5.